The number of hydrogen-bond donors (Lipinski definition) is 1. The van der Waals surface area contributed by atoms with E-state index in [1.807, 2.05) is 0 Å². The van der Waals surface area contributed by atoms with E-state index >= 15 is 0 Å². The molecular formula is C20H16F3NO4. The Hall–Kier alpha value is -3.29. The summed E-state index contributed by atoms with van der Waals surface area (Å²) < 4.78 is 49.3. The maximum absolute atomic E-state index is 12.8. The highest BCUT2D eigenvalue weighted by Gasteiger charge is 2.30. The summed E-state index contributed by atoms with van der Waals surface area (Å²) in [6, 6.07) is 11.6. The molecule has 0 amide bonds. The van der Waals surface area contributed by atoms with Gasteiger partial charge in [-0.2, -0.15) is 13.2 Å². The Morgan fingerprint density at radius 1 is 1.14 bits per heavy atom. The molecule has 0 aliphatic rings. The summed E-state index contributed by atoms with van der Waals surface area (Å²) in [4.78, 5) is 15.0. The molecule has 0 aliphatic carbocycles. The lowest BCUT2D eigenvalue weighted by atomic mass is 10.1. The molecule has 5 nitrogen and oxygen atoms in total. The first-order chi connectivity index (χ1) is 13.3. The first kappa shape index (κ1) is 19.5. The van der Waals surface area contributed by atoms with E-state index in [9.17, 15) is 18.0 Å². The van der Waals surface area contributed by atoms with Crippen LogP contribution in [0.5, 0.6) is 5.75 Å². The van der Waals surface area contributed by atoms with Crippen LogP contribution in [0.3, 0.4) is 0 Å². The number of carboxylic acids is 1. The first-order valence-corrected chi connectivity index (χ1v) is 8.37. The molecule has 0 aliphatic heterocycles. The zero-order chi connectivity index (χ0) is 20.1. The Balaban J connectivity index is 1.61. The smallest absolute Gasteiger partial charge is 0.416 e. The molecule has 0 radical (unpaired) electrons. The Bertz CT molecular complexity index is 966. The van der Waals surface area contributed by atoms with Crippen molar-refractivity contribution in [2.24, 2.45) is 0 Å². The number of benzene rings is 2. The van der Waals surface area contributed by atoms with Crippen molar-refractivity contribution >= 4 is 5.97 Å². The van der Waals surface area contributed by atoms with Gasteiger partial charge in [-0.05, 0) is 29.8 Å². The third-order valence-electron chi connectivity index (χ3n) is 3.88. The average Bonchev–Trinajstić information content (AvgIpc) is 3.10. The molecule has 0 fully saturated rings. The van der Waals surface area contributed by atoms with E-state index in [1.54, 1.807) is 24.3 Å². The van der Waals surface area contributed by atoms with Crippen LogP contribution in [0.2, 0.25) is 0 Å². The van der Waals surface area contributed by atoms with Gasteiger partial charge in [0.25, 0.3) is 0 Å². The Morgan fingerprint density at radius 2 is 1.93 bits per heavy atom. The van der Waals surface area contributed by atoms with Crippen LogP contribution in [0.4, 0.5) is 13.2 Å². The molecule has 8 heteroatoms. The lowest BCUT2D eigenvalue weighted by Crippen LogP contribution is -2.04. The van der Waals surface area contributed by atoms with Crippen LogP contribution in [0, 0.1) is 0 Å². The molecule has 1 aromatic heterocycles. The van der Waals surface area contributed by atoms with Crippen molar-refractivity contribution in [3.63, 3.8) is 0 Å². The number of hydrogen-bond acceptors (Lipinski definition) is 4. The number of aliphatic carboxylic acids is 1. The molecular weight excluding hydrogens is 375 g/mol. The van der Waals surface area contributed by atoms with Gasteiger partial charge in [0.05, 0.1) is 25.0 Å². The van der Waals surface area contributed by atoms with Crippen molar-refractivity contribution in [1.29, 1.82) is 0 Å². The van der Waals surface area contributed by atoms with Crippen LogP contribution in [-0.2, 0) is 23.8 Å². The van der Waals surface area contributed by atoms with E-state index in [4.69, 9.17) is 14.3 Å². The number of halogens is 3. The molecule has 28 heavy (non-hydrogen) atoms. The van der Waals surface area contributed by atoms with Crippen molar-refractivity contribution in [3.05, 3.63) is 71.8 Å². The molecule has 0 unspecified atom stereocenters. The van der Waals surface area contributed by atoms with Crippen LogP contribution in [0.1, 0.15) is 17.0 Å². The largest absolute Gasteiger partial charge is 0.493 e. The molecule has 0 bridgehead atoms. The number of nitrogens with zero attached hydrogens (tertiary/aromatic N) is 1. The van der Waals surface area contributed by atoms with Crippen LogP contribution in [-0.4, -0.2) is 22.7 Å². The summed E-state index contributed by atoms with van der Waals surface area (Å²) in [5, 5.41) is 8.82. The van der Waals surface area contributed by atoms with E-state index in [2.05, 4.69) is 4.98 Å². The van der Waals surface area contributed by atoms with Crippen LogP contribution >= 0.6 is 0 Å². The summed E-state index contributed by atoms with van der Waals surface area (Å²) in [5.74, 6) is -0.0865. The van der Waals surface area contributed by atoms with E-state index < -0.39 is 17.7 Å². The van der Waals surface area contributed by atoms with Gasteiger partial charge in [-0.15, -0.1) is 0 Å². The Morgan fingerprint density at radius 3 is 2.68 bits per heavy atom. The number of ether oxygens (including phenoxy) is 1. The standard InChI is InChI=1S/C20H16F3NO4/c21-20(22,23)15-5-2-4-14(11-15)17-12-28-18(24-17)7-8-27-16-6-1-3-13(9-16)10-19(25)26/h1-6,9,11-12H,7-8,10H2,(H,25,26). The molecule has 1 heterocycles. The molecule has 0 spiro atoms. The van der Waals surface area contributed by atoms with E-state index in [0.29, 0.717) is 34.9 Å². The fourth-order valence-electron chi connectivity index (χ4n) is 2.59. The topological polar surface area (TPSA) is 72.6 Å². The number of carbonyl (C=O) groups is 1. The SMILES string of the molecule is O=C(O)Cc1cccc(OCCc2nc(-c3cccc(C(F)(F)F)c3)co2)c1. The van der Waals surface area contributed by atoms with Gasteiger partial charge in [0.1, 0.15) is 17.7 Å². The van der Waals surface area contributed by atoms with Crippen LogP contribution in [0.15, 0.2) is 59.2 Å². The average molecular weight is 391 g/mol. The molecule has 1 N–H and O–H groups in total. The summed E-state index contributed by atoms with van der Waals surface area (Å²) in [7, 11) is 0. The zero-order valence-corrected chi connectivity index (χ0v) is 14.6. The van der Waals surface area contributed by atoms with Crippen LogP contribution in [0.25, 0.3) is 11.3 Å². The molecule has 2 aromatic carbocycles. The molecule has 0 saturated heterocycles. The fourth-order valence-corrected chi connectivity index (χ4v) is 2.59. The predicted octanol–water partition coefficient (Wildman–Crippen LogP) is 4.61. The molecule has 3 rings (SSSR count). The lowest BCUT2D eigenvalue weighted by molar-refractivity contribution is -0.138. The van der Waals surface area contributed by atoms with Gasteiger partial charge in [0.15, 0.2) is 5.89 Å². The summed E-state index contributed by atoms with van der Waals surface area (Å²) in [6.45, 7) is 0.221. The molecule has 3 aromatic rings. The summed E-state index contributed by atoms with van der Waals surface area (Å²) >= 11 is 0. The van der Waals surface area contributed by atoms with Gasteiger partial charge in [-0.1, -0.05) is 24.3 Å². The highest BCUT2D eigenvalue weighted by molar-refractivity contribution is 5.70. The minimum absolute atomic E-state index is 0.0999. The fraction of sp³-hybridized carbons (Fsp3) is 0.200. The third-order valence-corrected chi connectivity index (χ3v) is 3.88. The quantitative estimate of drug-likeness (QED) is 0.637. The third kappa shape index (κ3) is 5.12. The minimum Gasteiger partial charge on any atom is -0.493 e. The predicted molar refractivity (Wildman–Crippen MR) is 93.9 cm³/mol. The molecule has 0 saturated carbocycles. The van der Waals surface area contributed by atoms with Crippen molar-refractivity contribution in [3.8, 4) is 17.0 Å². The van der Waals surface area contributed by atoms with Gasteiger partial charge in [-0.3, -0.25) is 4.79 Å². The van der Waals surface area contributed by atoms with Gasteiger partial charge >= 0.3 is 12.1 Å². The van der Waals surface area contributed by atoms with Gasteiger partial charge in [-0.25, -0.2) is 4.98 Å². The summed E-state index contributed by atoms with van der Waals surface area (Å²) in [6.07, 6.45) is -2.91. The van der Waals surface area contributed by atoms with Crippen molar-refractivity contribution in [2.45, 2.75) is 19.0 Å². The maximum atomic E-state index is 12.8. The highest BCUT2D eigenvalue weighted by Crippen LogP contribution is 2.32. The number of carboxylic acid groups (broad SMARTS) is 1. The van der Waals surface area contributed by atoms with Crippen molar-refractivity contribution in [2.75, 3.05) is 6.61 Å². The normalized spacial score (nSPS) is 11.4. The minimum atomic E-state index is -4.43. The lowest BCUT2D eigenvalue weighted by Gasteiger charge is -2.07. The zero-order valence-electron chi connectivity index (χ0n) is 14.6. The second-order valence-electron chi connectivity index (χ2n) is 6.02. The van der Waals surface area contributed by atoms with E-state index in [0.717, 1.165) is 12.1 Å². The number of alkyl halides is 3. The maximum Gasteiger partial charge on any atom is 0.416 e. The second-order valence-corrected chi connectivity index (χ2v) is 6.02. The first-order valence-electron chi connectivity index (χ1n) is 8.37. The van der Waals surface area contributed by atoms with Crippen molar-refractivity contribution in [1.82, 2.24) is 4.98 Å². The van der Waals surface area contributed by atoms with Gasteiger partial charge < -0.3 is 14.3 Å². The van der Waals surface area contributed by atoms with Crippen LogP contribution < -0.4 is 4.74 Å². The number of rotatable bonds is 7. The Kier molecular flexibility index (Phi) is 5.67. The Labute approximate surface area is 158 Å². The number of oxazole rings is 1. The molecule has 0 atom stereocenters. The van der Waals surface area contributed by atoms with Gasteiger partial charge in [0, 0.05) is 5.56 Å². The van der Waals surface area contributed by atoms with Crippen molar-refractivity contribution < 1.29 is 32.2 Å². The van der Waals surface area contributed by atoms with E-state index in [1.165, 1.54) is 18.4 Å². The molecule has 146 valence electrons. The summed E-state index contributed by atoms with van der Waals surface area (Å²) in [5.41, 5.74) is 0.490. The van der Waals surface area contributed by atoms with Gasteiger partial charge in [0.2, 0.25) is 0 Å². The second kappa shape index (κ2) is 8.16. The number of aromatic nitrogens is 1. The van der Waals surface area contributed by atoms with E-state index in [-0.39, 0.29) is 13.0 Å². The monoisotopic (exact) mass is 391 g/mol. The highest BCUT2D eigenvalue weighted by atomic mass is 19.4.